The first-order chi connectivity index (χ1) is 16.8. The third kappa shape index (κ3) is 5.95. The van der Waals surface area contributed by atoms with Crippen LogP contribution in [0.1, 0.15) is 31.2 Å². The van der Waals surface area contributed by atoms with Crippen LogP contribution in [-0.2, 0) is 6.16 Å². The van der Waals surface area contributed by atoms with Crippen molar-refractivity contribution in [3.63, 3.8) is 0 Å². The second-order valence-electron chi connectivity index (χ2n) is 8.60. The molecule has 174 valence electrons. The van der Waals surface area contributed by atoms with E-state index in [2.05, 4.69) is 115 Å². The van der Waals surface area contributed by atoms with E-state index in [9.17, 15) is 0 Å². The van der Waals surface area contributed by atoms with Gasteiger partial charge in [-0.1, -0.05) is 73.2 Å². The Morgan fingerprint density at radius 3 is 1.47 bits per heavy atom. The third-order valence-electron chi connectivity index (χ3n) is 6.26. The summed E-state index contributed by atoms with van der Waals surface area (Å²) in [6.45, 7) is 1.00. The first-order valence-electron chi connectivity index (χ1n) is 12.2. The van der Waals surface area contributed by atoms with E-state index in [-0.39, 0.29) is 6.61 Å². The second-order valence-corrected chi connectivity index (χ2v) is 12.1. The molecule has 0 heterocycles. The minimum absolute atomic E-state index is 0.279. The van der Waals surface area contributed by atoms with Crippen LogP contribution in [0.3, 0.4) is 0 Å². The second kappa shape index (κ2) is 12.5. The maximum atomic E-state index is 8.90. The van der Waals surface area contributed by atoms with Gasteiger partial charge in [0.05, 0.1) is 12.8 Å². The van der Waals surface area contributed by atoms with Gasteiger partial charge in [-0.15, -0.1) is 0 Å². The number of unbranched alkanes of at least 4 members (excludes halogenated alkanes) is 3. The van der Waals surface area contributed by atoms with E-state index in [0.717, 1.165) is 44.2 Å². The third-order valence-corrected chi connectivity index (χ3v) is 10.6. The van der Waals surface area contributed by atoms with Gasteiger partial charge in [0.15, 0.2) is 0 Å². The zero-order chi connectivity index (χ0) is 23.5. The summed E-state index contributed by atoms with van der Waals surface area (Å²) in [6.07, 6.45) is 5.02. The van der Waals surface area contributed by atoms with E-state index in [0.29, 0.717) is 0 Å². The van der Waals surface area contributed by atoms with Gasteiger partial charge in [0.1, 0.15) is 28.9 Å². The maximum Gasteiger partial charge on any atom is 0.119 e. The van der Waals surface area contributed by atoms with Crippen molar-refractivity contribution in [3.05, 3.63) is 121 Å². The lowest BCUT2D eigenvalue weighted by Crippen LogP contribution is -2.32. The molecule has 2 nitrogen and oxygen atoms in total. The Morgan fingerprint density at radius 2 is 1.00 bits per heavy atom. The lowest BCUT2D eigenvalue weighted by Gasteiger charge is -2.28. The average molecular weight is 470 g/mol. The van der Waals surface area contributed by atoms with Crippen molar-refractivity contribution in [1.82, 2.24) is 0 Å². The standard InChI is InChI=1S/C31H34O2P/c32-24-12-1-2-13-25-33-28-22-20-27(21-23-28)26-34(29-14-6-3-7-15-29,30-16-8-4-9-17-30)31-18-10-5-11-19-31/h3-11,14-23,32H,1-2,12-13,24-26H2/q+1. The Kier molecular flexibility index (Phi) is 8.90. The molecule has 0 atom stereocenters. The average Bonchev–Trinajstić information content (AvgIpc) is 2.91. The molecule has 0 aromatic heterocycles. The van der Waals surface area contributed by atoms with Crippen LogP contribution in [0.15, 0.2) is 115 Å². The zero-order valence-corrected chi connectivity index (χ0v) is 20.6. The Labute approximate surface area is 204 Å². The normalized spacial score (nSPS) is 11.3. The summed E-state index contributed by atoms with van der Waals surface area (Å²) >= 11 is 0. The summed E-state index contributed by atoms with van der Waals surface area (Å²) in [5, 5.41) is 13.1. The van der Waals surface area contributed by atoms with E-state index in [1.54, 1.807) is 0 Å². The van der Waals surface area contributed by atoms with Gasteiger partial charge in [-0.2, -0.15) is 0 Å². The molecule has 0 aliphatic heterocycles. The fourth-order valence-electron chi connectivity index (χ4n) is 4.49. The highest BCUT2D eigenvalue weighted by molar-refractivity contribution is 7.95. The molecule has 0 spiro atoms. The summed E-state index contributed by atoms with van der Waals surface area (Å²) in [7, 11) is -1.89. The van der Waals surface area contributed by atoms with Crippen LogP contribution in [0.2, 0.25) is 0 Å². The molecule has 0 unspecified atom stereocenters. The molecule has 1 N–H and O–H groups in total. The molecule has 3 heteroatoms. The van der Waals surface area contributed by atoms with Crippen molar-refractivity contribution in [2.75, 3.05) is 13.2 Å². The quantitative estimate of drug-likeness (QED) is 0.200. The molecule has 0 bridgehead atoms. The molecule has 0 amide bonds. The molecule has 0 radical (unpaired) electrons. The molecule has 4 aromatic carbocycles. The highest BCUT2D eigenvalue weighted by Crippen LogP contribution is 2.58. The Hall–Kier alpha value is -2.93. The molecule has 4 rings (SSSR count). The lowest BCUT2D eigenvalue weighted by molar-refractivity contribution is 0.273. The first-order valence-corrected chi connectivity index (χ1v) is 14.2. The lowest BCUT2D eigenvalue weighted by atomic mass is 10.2. The van der Waals surface area contributed by atoms with E-state index >= 15 is 0 Å². The Bertz CT molecular complexity index is 1000. The molecule has 34 heavy (non-hydrogen) atoms. The van der Waals surface area contributed by atoms with Gasteiger partial charge < -0.3 is 9.84 Å². The van der Waals surface area contributed by atoms with Crippen LogP contribution < -0.4 is 20.7 Å². The van der Waals surface area contributed by atoms with Crippen molar-refractivity contribution in [3.8, 4) is 5.75 Å². The summed E-state index contributed by atoms with van der Waals surface area (Å²) in [6, 6.07) is 41.7. The number of aliphatic hydroxyl groups excluding tert-OH is 1. The van der Waals surface area contributed by atoms with Crippen LogP contribution in [0.25, 0.3) is 0 Å². The van der Waals surface area contributed by atoms with Crippen molar-refractivity contribution in [2.45, 2.75) is 31.8 Å². The van der Waals surface area contributed by atoms with Crippen LogP contribution in [0.5, 0.6) is 5.75 Å². The fourth-order valence-corrected chi connectivity index (χ4v) is 8.73. The van der Waals surface area contributed by atoms with Crippen LogP contribution in [-0.4, -0.2) is 18.3 Å². The number of ether oxygens (including phenoxy) is 1. The summed E-state index contributed by atoms with van der Waals surface area (Å²) in [4.78, 5) is 0. The van der Waals surface area contributed by atoms with Crippen LogP contribution in [0.4, 0.5) is 0 Å². The molecular weight excluding hydrogens is 435 g/mol. The fraction of sp³-hybridized carbons (Fsp3) is 0.226. The van der Waals surface area contributed by atoms with E-state index in [1.807, 2.05) is 0 Å². The van der Waals surface area contributed by atoms with Gasteiger partial charge in [0, 0.05) is 6.61 Å². The first kappa shape index (κ1) is 24.2. The summed E-state index contributed by atoms with van der Waals surface area (Å²) in [5.41, 5.74) is 1.32. The summed E-state index contributed by atoms with van der Waals surface area (Å²) in [5.74, 6) is 0.925. The predicted molar refractivity (Wildman–Crippen MR) is 146 cm³/mol. The minimum atomic E-state index is -1.89. The van der Waals surface area contributed by atoms with Crippen molar-refractivity contribution in [2.24, 2.45) is 0 Å². The van der Waals surface area contributed by atoms with Gasteiger partial charge >= 0.3 is 0 Å². The molecule has 0 aliphatic carbocycles. The molecular formula is C31H34O2P+. The van der Waals surface area contributed by atoms with Gasteiger partial charge in [-0.3, -0.25) is 0 Å². The molecule has 0 fully saturated rings. The van der Waals surface area contributed by atoms with Gasteiger partial charge in [-0.25, -0.2) is 0 Å². The van der Waals surface area contributed by atoms with E-state index in [1.165, 1.54) is 21.5 Å². The van der Waals surface area contributed by atoms with Crippen molar-refractivity contribution >= 4 is 23.2 Å². The Morgan fingerprint density at radius 1 is 0.529 bits per heavy atom. The molecule has 0 aliphatic rings. The van der Waals surface area contributed by atoms with Crippen LogP contribution >= 0.6 is 7.26 Å². The van der Waals surface area contributed by atoms with E-state index in [4.69, 9.17) is 9.84 Å². The predicted octanol–water partition coefficient (Wildman–Crippen LogP) is 6.11. The van der Waals surface area contributed by atoms with Crippen LogP contribution in [0, 0.1) is 0 Å². The number of benzene rings is 4. The van der Waals surface area contributed by atoms with Crippen molar-refractivity contribution in [1.29, 1.82) is 0 Å². The van der Waals surface area contributed by atoms with Gasteiger partial charge in [0.2, 0.25) is 0 Å². The summed E-state index contributed by atoms with van der Waals surface area (Å²) < 4.78 is 5.97. The molecule has 0 saturated heterocycles. The minimum Gasteiger partial charge on any atom is -0.494 e. The van der Waals surface area contributed by atoms with Gasteiger partial charge in [0.25, 0.3) is 0 Å². The number of rotatable bonds is 12. The number of aliphatic hydroxyl groups is 1. The topological polar surface area (TPSA) is 29.5 Å². The largest absolute Gasteiger partial charge is 0.494 e. The van der Waals surface area contributed by atoms with Crippen molar-refractivity contribution < 1.29 is 9.84 Å². The molecule has 0 saturated carbocycles. The van der Waals surface area contributed by atoms with E-state index < -0.39 is 7.26 Å². The maximum absolute atomic E-state index is 8.90. The number of hydrogen-bond donors (Lipinski definition) is 1. The van der Waals surface area contributed by atoms with Gasteiger partial charge in [-0.05, 0) is 73.4 Å². The zero-order valence-electron chi connectivity index (χ0n) is 19.7. The highest BCUT2D eigenvalue weighted by Gasteiger charge is 2.45. The number of hydrogen-bond acceptors (Lipinski definition) is 2. The SMILES string of the molecule is OCCCCCCOc1ccc(C[P+](c2ccccc2)(c2ccccc2)c2ccccc2)cc1. The molecule has 4 aromatic rings. The smallest absolute Gasteiger partial charge is 0.119 e. The Balaban J connectivity index is 1.62. The monoisotopic (exact) mass is 469 g/mol. The highest BCUT2D eigenvalue weighted by atomic mass is 31.2.